The molecule has 0 saturated carbocycles. The van der Waals surface area contributed by atoms with E-state index in [1.54, 1.807) is 12.3 Å². The Morgan fingerprint density at radius 1 is 1.03 bits per heavy atom. The van der Waals surface area contributed by atoms with Crippen molar-refractivity contribution >= 4 is 61.4 Å². The Balaban J connectivity index is 1.47. The largest absolute Gasteiger partial charge is 0.496 e. The number of benzene rings is 2. The third-order valence-corrected chi connectivity index (χ3v) is 9.15. The number of rotatable bonds is 5. The van der Waals surface area contributed by atoms with Crippen LogP contribution in [0.5, 0.6) is 5.75 Å². The van der Waals surface area contributed by atoms with Gasteiger partial charge < -0.3 is 9.72 Å². The van der Waals surface area contributed by atoms with Crippen molar-refractivity contribution < 1.29 is 17.5 Å². The second-order valence-electron chi connectivity index (χ2n) is 8.19. The third-order valence-electron chi connectivity index (χ3n) is 6.09. The molecular weight excluding hydrogens is 548 g/mol. The van der Waals surface area contributed by atoms with Crippen molar-refractivity contribution in [3.8, 4) is 16.9 Å². The summed E-state index contributed by atoms with van der Waals surface area (Å²) in [5.41, 5.74) is 3.77. The number of H-pyrrole nitrogens is 1. The van der Waals surface area contributed by atoms with Crippen LogP contribution < -0.4 is 4.74 Å². The van der Waals surface area contributed by atoms with Crippen LogP contribution in [0.3, 0.4) is 0 Å². The quantitative estimate of drug-likeness (QED) is 0.269. The molecule has 6 nitrogen and oxygen atoms in total. The van der Waals surface area contributed by atoms with E-state index in [1.165, 1.54) is 35.7 Å². The molecule has 2 aromatic heterocycles. The summed E-state index contributed by atoms with van der Waals surface area (Å²) in [5.74, 6) is 0.176. The number of fused-ring (bicyclic) bond motifs is 1. The van der Waals surface area contributed by atoms with Crippen LogP contribution in [0.1, 0.15) is 12.1 Å². The van der Waals surface area contributed by atoms with Crippen LogP contribution in [0.2, 0.25) is 15.1 Å². The lowest BCUT2D eigenvalue weighted by molar-refractivity contribution is 0.415. The zero-order valence-electron chi connectivity index (χ0n) is 18.9. The molecule has 0 bridgehead atoms. The molecule has 11 heteroatoms. The van der Waals surface area contributed by atoms with E-state index in [9.17, 15) is 12.8 Å². The number of halogens is 4. The van der Waals surface area contributed by atoms with Gasteiger partial charge in [-0.1, -0.05) is 40.9 Å². The molecule has 1 aliphatic heterocycles. The van der Waals surface area contributed by atoms with Gasteiger partial charge in [-0.15, -0.1) is 0 Å². The Morgan fingerprint density at radius 3 is 2.53 bits per heavy atom. The maximum Gasteiger partial charge on any atom is 0.244 e. The molecule has 0 aliphatic carbocycles. The van der Waals surface area contributed by atoms with Crippen molar-refractivity contribution in [2.45, 2.75) is 11.3 Å². The standard InChI is InChI=1S/C25H19Cl3FN3O3S/c1-35-23-3-2-15(29)10-17(23)16-4-7-30-25-18(16)11-22(31-25)14-5-8-32(9-6-14)36(33,34)24-13-20(27)19(26)12-21(24)28/h2-5,7,10-13H,6,8-9H2,1H3,(H,30,31). The maximum atomic E-state index is 14.0. The molecule has 0 saturated heterocycles. The Kier molecular flexibility index (Phi) is 6.74. The first-order valence-corrected chi connectivity index (χ1v) is 13.4. The number of ether oxygens (including phenoxy) is 1. The lowest BCUT2D eigenvalue weighted by Gasteiger charge is -2.26. The molecule has 0 fully saturated rings. The van der Waals surface area contributed by atoms with Crippen molar-refractivity contribution in [1.82, 2.24) is 14.3 Å². The van der Waals surface area contributed by atoms with E-state index in [1.807, 2.05) is 18.2 Å². The van der Waals surface area contributed by atoms with Gasteiger partial charge in [0.25, 0.3) is 0 Å². The lowest BCUT2D eigenvalue weighted by atomic mass is 10.0. The molecule has 0 unspecified atom stereocenters. The summed E-state index contributed by atoms with van der Waals surface area (Å²) in [6.45, 7) is 0.403. The SMILES string of the molecule is COc1ccc(F)cc1-c1ccnc2[nH]c(C3=CCN(S(=O)(=O)c4cc(Cl)c(Cl)cc4Cl)CC3)cc12. The molecule has 186 valence electrons. The van der Waals surface area contributed by atoms with Crippen LogP contribution in [0, 0.1) is 5.82 Å². The van der Waals surface area contributed by atoms with E-state index in [2.05, 4.69) is 9.97 Å². The van der Waals surface area contributed by atoms with Crippen LogP contribution in [-0.2, 0) is 10.0 Å². The highest BCUT2D eigenvalue weighted by Crippen LogP contribution is 2.38. The van der Waals surface area contributed by atoms with Crippen LogP contribution in [0.4, 0.5) is 4.39 Å². The average molecular weight is 567 g/mol. The summed E-state index contributed by atoms with van der Waals surface area (Å²) in [5, 5.41) is 1.12. The monoisotopic (exact) mass is 565 g/mol. The van der Waals surface area contributed by atoms with E-state index in [-0.39, 0.29) is 38.9 Å². The van der Waals surface area contributed by atoms with Gasteiger partial charge in [-0.2, -0.15) is 4.31 Å². The number of nitrogens with zero attached hydrogens (tertiary/aromatic N) is 2. The number of aromatic nitrogens is 2. The normalized spacial score (nSPS) is 14.8. The van der Waals surface area contributed by atoms with Gasteiger partial charge in [-0.05, 0) is 60.0 Å². The fourth-order valence-corrected chi connectivity index (χ4v) is 6.64. The molecule has 5 rings (SSSR count). The highest BCUT2D eigenvalue weighted by atomic mass is 35.5. The molecule has 1 aliphatic rings. The van der Waals surface area contributed by atoms with E-state index < -0.39 is 10.0 Å². The molecule has 1 N–H and O–H groups in total. The summed E-state index contributed by atoms with van der Waals surface area (Å²) in [7, 11) is -2.34. The summed E-state index contributed by atoms with van der Waals surface area (Å²) in [6, 6.07) is 10.7. The second kappa shape index (κ2) is 9.68. The van der Waals surface area contributed by atoms with Crippen LogP contribution in [-0.4, -0.2) is 42.9 Å². The van der Waals surface area contributed by atoms with E-state index in [0.717, 1.165) is 22.2 Å². The van der Waals surface area contributed by atoms with E-state index in [4.69, 9.17) is 39.5 Å². The van der Waals surface area contributed by atoms with Gasteiger partial charge >= 0.3 is 0 Å². The molecule has 0 atom stereocenters. The maximum absolute atomic E-state index is 14.0. The highest BCUT2D eigenvalue weighted by molar-refractivity contribution is 7.89. The Bertz CT molecular complexity index is 1640. The molecule has 4 aromatic rings. The summed E-state index contributed by atoms with van der Waals surface area (Å²) in [4.78, 5) is 7.63. The molecule has 3 heterocycles. The van der Waals surface area contributed by atoms with Crippen molar-refractivity contribution in [3.63, 3.8) is 0 Å². The second-order valence-corrected chi connectivity index (χ2v) is 11.3. The minimum absolute atomic E-state index is 0.0150. The average Bonchev–Trinajstić information content (AvgIpc) is 3.31. The number of sulfonamides is 1. The zero-order valence-corrected chi connectivity index (χ0v) is 21.9. The first kappa shape index (κ1) is 25.0. The topological polar surface area (TPSA) is 75.3 Å². The molecule has 0 radical (unpaired) electrons. The first-order chi connectivity index (χ1) is 17.2. The summed E-state index contributed by atoms with van der Waals surface area (Å²) in [6.07, 6.45) is 3.95. The highest BCUT2D eigenvalue weighted by Gasteiger charge is 2.29. The molecule has 2 aromatic carbocycles. The molecule has 0 amide bonds. The fraction of sp³-hybridized carbons (Fsp3) is 0.160. The molecular formula is C25H19Cl3FN3O3S. The van der Waals surface area contributed by atoms with Crippen LogP contribution >= 0.6 is 34.8 Å². The minimum Gasteiger partial charge on any atom is -0.496 e. The number of hydrogen-bond acceptors (Lipinski definition) is 4. The Labute approximate surface area is 222 Å². The first-order valence-electron chi connectivity index (χ1n) is 10.8. The Morgan fingerprint density at radius 2 is 1.81 bits per heavy atom. The van der Waals surface area contributed by atoms with E-state index in [0.29, 0.717) is 23.4 Å². The predicted molar refractivity (Wildman–Crippen MR) is 141 cm³/mol. The minimum atomic E-state index is -3.87. The fourth-order valence-electron chi connectivity index (χ4n) is 4.28. The van der Waals surface area contributed by atoms with Crippen molar-refractivity contribution in [2.24, 2.45) is 0 Å². The lowest BCUT2D eigenvalue weighted by Crippen LogP contribution is -2.34. The van der Waals surface area contributed by atoms with Gasteiger partial charge in [-0.3, -0.25) is 0 Å². The molecule has 36 heavy (non-hydrogen) atoms. The summed E-state index contributed by atoms with van der Waals surface area (Å²) >= 11 is 18.1. The van der Waals surface area contributed by atoms with Crippen molar-refractivity contribution in [3.05, 3.63) is 81.3 Å². The summed E-state index contributed by atoms with van der Waals surface area (Å²) < 4.78 is 47.2. The number of nitrogens with one attached hydrogen (secondary N) is 1. The van der Waals surface area contributed by atoms with Gasteiger partial charge in [0, 0.05) is 35.9 Å². The van der Waals surface area contributed by atoms with Crippen molar-refractivity contribution in [1.29, 1.82) is 0 Å². The zero-order chi connectivity index (χ0) is 25.6. The van der Waals surface area contributed by atoms with Crippen LogP contribution in [0.25, 0.3) is 27.7 Å². The Hall–Kier alpha value is -2.62. The van der Waals surface area contributed by atoms with E-state index >= 15 is 0 Å². The smallest absolute Gasteiger partial charge is 0.244 e. The third kappa shape index (κ3) is 4.48. The number of pyridine rings is 1. The number of hydrogen-bond donors (Lipinski definition) is 1. The van der Waals surface area contributed by atoms with Crippen LogP contribution in [0.15, 0.2) is 59.6 Å². The van der Waals surface area contributed by atoms with Gasteiger partial charge in [0.1, 0.15) is 22.1 Å². The number of methoxy groups -OCH3 is 1. The van der Waals surface area contributed by atoms with Gasteiger partial charge in [0.05, 0.1) is 22.2 Å². The number of aromatic amines is 1. The molecule has 0 spiro atoms. The van der Waals surface area contributed by atoms with Gasteiger partial charge in [-0.25, -0.2) is 17.8 Å². The van der Waals surface area contributed by atoms with Gasteiger partial charge in [0.15, 0.2) is 0 Å². The predicted octanol–water partition coefficient (Wildman–Crippen LogP) is 6.82. The van der Waals surface area contributed by atoms with Gasteiger partial charge in [0.2, 0.25) is 10.0 Å². The van der Waals surface area contributed by atoms with Crippen molar-refractivity contribution in [2.75, 3.05) is 20.2 Å².